The number of carboxylic acid groups (broad SMARTS) is 1. The van der Waals surface area contributed by atoms with Gasteiger partial charge in [0, 0.05) is 26.8 Å². The third kappa shape index (κ3) is 6.48. The Morgan fingerprint density at radius 1 is 1.30 bits per heavy atom. The minimum absolute atomic E-state index is 0.373. The number of rotatable bonds is 6. The number of carbonyl (C=O) groups excluding carboxylic acids is 2. The molecule has 0 saturated carbocycles. The second-order valence-electron chi connectivity index (χ2n) is 4.68. The van der Waals surface area contributed by atoms with Gasteiger partial charge in [0.15, 0.2) is 0 Å². The lowest BCUT2D eigenvalue weighted by molar-refractivity contribution is -0.143. The highest BCUT2D eigenvalue weighted by molar-refractivity contribution is 5.94. The average Bonchev–Trinajstić information content (AvgIpc) is 2.39. The maximum absolute atomic E-state index is 11.7. The van der Waals surface area contributed by atoms with E-state index in [9.17, 15) is 14.4 Å². The molecule has 114 valence electrons. The molecule has 0 aromatic carbocycles. The first-order valence-electron chi connectivity index (χ1n) is 6.41. The molecule has 0 atom stereocenters. The van der Waals surface area contributed by atoms with Gasteiger partial charge in [-0.2, -0.15) is 0 Å². The zero-order chi connectivity index (χ0) is 15.0. The Labute approximate surface area is 117 Å². The number of urea groups is 1. The van der Waals surface area contributed by atoms with E-state index >= 15 is 0 Å². The summed E-state index contributed by atoms with van der Waals surface area (Å²) in [5, 5.41) is 10.5. The summed E-state index contributed by atoms with van der Waals surface area (Å²) in [7, 11) is 1.61. The Morgan fingerprint density at radius 2 is 1.95 bits per heavy atom. The molecular formula is C12H20N2O6. The van der Waals surface area contributed by atoms with E-state index in [1.165, 1.54) is 4.90 Å². The van der Waals surface area contributed by atoms with Crippen molar-refractivity contribution in [2.24, 2.45) is 5.92 Å². The highest BCUT2D eigenvalue weighted by Crippen LogP contribution is 2.15. The summed E-state index contributed by atoms with van der Waals surface area (Å²) in [6, 6.07) is -0.514. The van der Waals surface area contributed by atoms with Crippen LogP contribution in [0.15, 0.2) is 0 Å². The molecule has 1 heterocycles. The fraction of sp³-hybridized carbons (Fsp3) is 0.750. The number of carbonyl (C=O) groups is 3. The summed E-state index contributed by atoms with van der Waals surface area (Å²) >= 11 is 0. The highest BCUT2D eigenvalue weighted by Gasteiger charge is 2.19. The van der Waals surface area contributed by atoms with E-state index in [0.717, 1.165) is 12.8 Å². The average molecular weight is 288 g/mol. The van der Waals surface area contributed by atoms with Crippen LogP contribution < -0.4 is 5.32 Å². The van der Waals surface area contributed by atoms with Crippen molar-refractivity contribution < 1.29 is 29.0 Å². The van der Waals surface area contributed by atoms with Crippen molar-refractivity contribution in [3.63, 3.8) is 0 Å². The monoisotopic (exact) mass is 288 g/mol. The Balaban J connectivity index is 2.22. The number of carboxylic acids is 1. The first-order chi connectivity index (χ1) is 9.49. The zero-order valence-electron chi connectivity index (χ0n) is 11.5. The van der Waals surface area contributed by atoms with Gasteiger partial charge in [0.05, 0.1) is 0 Å². The van der Waals surface area contributed by atoms with Gasteiger partial charge in [-0.15, -0.1) is 0 Å². The molecule has 8 nitrogen and oxygen atoms in total. The van der Waals surface area contributed by atoms with Crippen LogP contribution in [-0.4, -0.2) is 67.9 Å². The molecule has 2 N–H and O–H groups in total. The standard InChI is InChI=1S/C12H20N2O6/c1-14(6-9-2-4-19-5-3-9)12(18)13-10(15)7-20-8-11(16)17/h9H,2-8H2,1H3,(H,16,17)(H,13,15,18). The van der Waals surface area contributed by atoms with Gasteiger partial charge in [-0.3, -0.25) is 10.1 Å². The van der Waals surface area contributed by atoms with Crippen LogP contribution in [0.5, 0.6) is 0 Å². The molecule has 1 fully saturated rings. The van der Waals surface area contributed by atoms with Gasteiger partial charge in [-0.1, -0.05) is 0 Å². The number of nitrogens with one attached hydrogen (secondary N) is 1. The van der Waals surface area contributed by atoms with E-state index in [2.05, 4.69) is 10.1 Å². The molecular weight excluding hydrogens is 268 g/mol. The van der Waals surface area contributed by atoms with E-state index in [1.54, 1.807) is 7.05 Å². The van der Waals surface area contributed by atoms with Crippen LogP contribution in [0.4, 0.5) is 4.79 Å². The molecule has 1 aliphatic heterocycles. The van der Waals surface area contributed by atoms with Crippen molar-refractivity contribution >= 4 is 17.9 Å². The van der Waals surface area contributed by atoms with Crippen molar-refractivity contribution in [2.45, 2.75) is 12.8 Å². The van der Waals surface area contributed by atoms with Crippen molar-refractivity contribution in [2.75, 3.05) is 40.0 Å². The maximum atomic E-state index is 11.7. The van der Waals surface area contributed by atoms with Crippen LogP contribution in [0.3, 0.4) is 0 Å². The summed E-state index contributed by atoms with van der Waals surface area (Å²) in [5.74, 6) is -1.45. The van der Waals surface area contributed by atoms with Crippen LogP contribution in [0, 0.1) is 5.92 Å². The Bertz CT molecular complexity index is 354. The highest BCUT2D eigenvalue weighted by atomic mass is 16.5. The summed E-state index contributed by atoms with van der Waals surface area (Å²) in [5.41, 5.74) is 0. The normalized spacial score (nSPS) is 15.7. The summed E-state index contributed by atoms with van der Waals surface area (Å²) in [6.45, 7) is 0.922. The Hall–Kier alpha value is -1.67. The molecule has 0 unspecified atom stereocenters. The van der Waals surface area contributed by atoms with E-state index in [1.807, 2.05) is 0 Å². The Kier molecular flexibility index (Phi) is 6.96. The molecule has 0 bridgehead atoms. The van der Waals surface area contributed by atoms with Crippen LogP contribution in [0.2, 0.25) is 0 Å². The van der Waals surface area contributed by atoms with E-state index in [0.29, 0.717) is 25.7 Å². The maximum Gasteiger partial charge on any atom is 0.329 e. The number of hydrogen-bond donors (Lipinski definition) is 2. The van der Waals surface area contributed by atoms with Crippen molar-refractivity contribution in [3.8, 4) is 0 Å². The number of hydrogen-bond acceptors (Lipinski definition) is 5. The molecule has 1 aliphatic rings. The van der Waals surface area contributed by atoms with Crippen LogP contribution in [-0.2, 0) is 19.1 Å². The fourth-order valence-electron chi connectivity index (χ4n) is 1.88. The van der Waals surface area contributed by atoms with E-state index < -0.39 is 31.1 Å². The third-order valence-electron chi connectivity index (χ3n) is 2.92. The van der Waals surface area contributed by atoms with E-state index in [-0.39, 0.29) is 0 Å². The smallest absolute Gasteiger partial charge is 0.329 e. The molecule has 0 spiro atoms. The van der Waals surface area contributed by atoms with Gasteiger partial charge >= 0.3 is 12.0 Å². The SMILES string of the molecule is CN(CC1CCOCC1)C(=O)NC(=O)COCC(=O)O. The van der Waals surface area contributed by atoms with Crippen molar-refractivity contribution in [1.82, 2.24) is 10.2 Å². The molecule has 1 saturated heterocycles. The largest absolute Gasteiger partial charge is 0.480 e. The van der Waals surface area contributed by atoms with Gasteiger partial charge < -0.3 is 19.5 Å². The van der Waals surface area contributed by atoms with Crippen LogP contribution in [0.1, 0.15) is 12.8 Å². The van der Waals surface area contributed by atoms with Gasteiger partial charge in [-0.25, -0.2) is 9.59 Å². The molecule has 3 amide bonds. The van der Waals surface area contributed by atoms with Gasteiger partial charge in [0.2, 0.25) is 0 Å². The summed E-state index contributed by atoms with van der Waals surface area (Å²) < 4.78 is 9.82. The number of imide groups is 1. The molecule has 8 heteroatoms. The van der Waals surface area contributed by atoms with Gasteiger partial charge in [0.25, 0.3) is 5.91 Å². The predicted molar refractivity (Wildman–Crippen MR) is 68.2 cm³/mol. The number of amides is 3. The zero-order valence-corrected chi connectivity index (χ0v) is 11.5. The second kappa shape index (κ2) is 8.49. The van der Waals surface area contributed by atoms with Crippen LogP contribution >= 0.6 is 0 Å². The molecule has 0 aliphatic carbocycles. The molecule has 20 heavy (non-hydrogen) atoms. The first kappa shape index (κ1) is 16.4. The third-order valence-corrected chi connectivity index (χ3v) is 2.92. The lowest BCUT2D eigenvalue weighted by atomic mass is 10.0. The molecule has 1 rings (SSSR count). The summed E-state index contributed by atoms with van der Waals surface area (Å²) in [4.78, 5) is 34.7. The number of nitrogens with zero attached hydrogens (tertiary/aromatic N) is 1. The van der Waals surface area contributed by atoms with Crippen molar-refractivity contribution in [1.29, 1.82) is 0 Å². The number of aliphatic carboxylic acids is 1. The quantitative estimate of drug-likeness (QED) is 0.694. The second-order valence-corrected chi connectivity index (χ2v) is 4.68. The summed E-state index contributed by atoms with van der Waals surface area (Å²) in [6.07, 6.45) is 1.79. The fourth-order valence-corrected chi connectivity index (χ4v) is 1.88. The van der Waals surface area contributed by atoms with Crippen molar-refractivity contribution in [3.05, 3.63) is 0 Å². The van der Waals surface area contributed by atoms with E-state index in [4.69, 9.17) is 9.84 Å². The molecule has 0 aromatic rings. The van der Waals surface area contributed by atoms with Crippen LogP contribution in [0.25, 0.3) is 0 Å². The van der Waals surface area contributed by atoms with Gasteiger partial charge in [-0.05, 0) is 18.8 Å². The topological polar surface area (TPSA) is 105 Å². The minimum Gasteiger partial charge on any atom is -0.480 e. The molecule has 0 aromatic heterocycles. The first-order valence-corrected chi connectivity index (χ1v) is 6.41. The lowest BCUT2D eigenvalue weighted by Crippen LogP contribution is -2.44. The van der Waals surface area contributed by atoms with Gasteiger partial charge in [0.1, 0.15) is 13.2 Å². The lowest BCUT2D eigenvalue weighted by Gasteiger charge is -2.27. The number of ether oxygens (including phenoxy) is 2. The molecule has 0 radical (unpaired) electrons. The predicted octanol–water partition coefficient (Wildman–Crippen LogP) is -0.318. The Morgan fingerprint density at radius 3 is 2.55 bits per heavy atom. The minimum atomic E-state index is -1.17.